The predicted molar refractivity (Wildman–Crippen MR) is 101 cm³/mol. The SMILES string of the molecule is CCC(N)C(CC)CCCCCCCCC(CC)C(N)CC. The van der Waals surface area contributed by atoms with Crippen LogP contribution < -0.4 is 11.5 Å². The number of hydrogen-bond acceptors (Lipinski definition) is 2. The third-order valence-electron chi connectivity index (χ3n) is 5.60. The Balaban J connectivity index is 3.54. The second kappa shape index (κ2) is 14.5. The second-order valence-electron chi connectivity index (χ2n) is 7.18. The Morgan fingerprint density at radius 1 is 0.500 bits per heavy atom. The topological polar surface area (TPSA) is 52.0 Å². The van der Waals surface area contributed by atoms with Crippen LogP contribution in [0.15, 0.2) is 0 Å². The Kier molecular flexibility index (Phi) is 14.5. The summed E-state index contributed by atoms with van der Waals surface area (Å²) in [7, 11) is 0. The number of hydrogen-bond donors (Lipinski definition) is 2. The lowest BCUT2D eigenvalue weighted by atomic mass is 9.89. The first-order chi connectivity index (χ1) is 10.6. The molecule has 4 N–H and O–H groups in total. The molecule has 0 bridgehead atoms. The van der Waals surface area contributed by atoms with Crippen LogP contribution in [0.25, 0.3) is 0 Å². The quantitative estimate of drug-likeness (QED) is 0.385. The summed E-state index contributed by atoms with van der Waals surface area (Å²) in [5, 5.41) is 0. The van der Waals surface area contributed by atoms with Crippen molar-refractivity contribution >= 4 is 0 Å². The molecule has 2 heteroatoms. The molecule has 0 spiro atoms. The number of unbranched alkanes of at least 4 members (excludes halogenated alkanes) is 5. The maximum absolute atomic E-state index is 6.18. The van der Waals surface area contributed by atoms with Gasteiger partial charge in [0.15, 0.2) is 0 Å². The van der Waals surface area contributed by atoms with Crippen LogP contribution in [0.5, 0.6) is 0 Å². The van der Waals surface area contributed by atoms with Gasteiger partial charge in [-0.25, -0.2) is 0 Å². The minimum Gasteiger partial charge on any atom is -0.327 e. The Bertz CT molecular complexity index is 206. The Hall–Kier alpha value is -0.0800. The Labute approximate surface area is 140 Å². The molecule has 0 aliphatic carbocycles. The van der Waals surface area contributed by atoms with Gasteiger partial charge in [0, 0.05) is 12.1 Å². The van der Waals surface area contributed by atoms with E-state index in [-0.39, 0.29) is 0 Å². The molecule has 4 atom stereocenters. The highest BCUT2D eigenvalue weighted by Crippen LogP contribution is 2.21. The minimum absolute atomic E-state index is 0.416. The van der Waals surface area contributed by atoms with E-state index in [0.29, 0.717) is 12.1 Å². The highest BCUT2D eigenvalue weighted by atomic mass is 14.6. The average molecular weight is 313 g/mol. The summed E-state index contributed by atoms with van der Waals surface area (Å²) < 4.78 is 0. The fourth-order valence-electron chi connectivity index (χ4n) is 3.63. The highest BCUT2D eigenvalue weighted by Gasteiger charge is 2.14. The van der Waals surface area contributed by atoms with Gasteiger partial charge in [-0.2, -0.15) is 0 Å². The normalized spacial score (nSPS) is 17.2. The van der Waals surface area contributed by atoms with Crippen molar-refractivity contribution in [3.63, 3.8) is 0 Å². The summed E-state index contributed by atoms with van der Waals surface area (Å²) in [5.41, 5.74) is 12.4. The fourth-order valence-corrected chi connectivity index (χ4v) is 3.63. The van der Waals surface area contributed by atoms with Crippen molar-refractivity contribution in [2.45, 2.75) is 117 Å². The fraction of sp³-hybridized carbons (Fsp3) is 1.00. The molecule has 0 aliphatic rings. The van der Waals surface area contributed by atoms with E-state index in [9.17, 15) is 0 Å². The molecule has 0 amide bonds. The van der Waals surface area contributed by atoms with Gasteiger partial charge in [0.25, 0.3) is 0 Å². The van der Waals surface area contributed by atoms with E-state index in [1.165, 1.54) is 64.2 Å². The molecule has 4 unspecified atom stereocenters. The van der Waals surface area contributed by atoms with Crippen molar-refractivity contribution < 1.29 is 0 Å². The van der Waals surface area contributed by atoms with E-state index >= 15 is 0 Å². The zero-order valence-corrected chi connectivity index (χ0v) is 15.9. The largest absolute Gasteiger partial charge is 0.327 e. The van der Waals surface area contributed by atoms with Crippen LogP contribution in [-0.4, -0.2) is 12.1 Å². The lowest BCUT2D eigenvalue weighted by Gasteiger charge is -2.21. The van der Waals surface area contributed by atoms with Crippen LogP contribution in [0.3, 0.4) is 0 Å². The van der Waals surface area contributed by atoms with Crippen molar-refractivity contribution in [2.75, 3.05) is 0 Å². The predicted octanol–water partition coefficient (Wildman–Crippen LogP) is 5.63. The summed E-state index contributed by atoms with van der Waals surface area (Å²) in [6.45, 7) is 8.99. The van der Waals surface area contributed by atoms with E-state index in [0.717, 1.165) is 24.7 Å². The van der Waals surface area contributed by atoms with Crippen molar-refractivity contribution in [3.8, 4) is 0 Å². The first-order valence-electron chi connectivity index (χ1n) is 10.1. The Morgan fingerprint density at radius 2 is 0.818 bits per heavy atom. The average Bonchev–Trinajstić information content (AvgIpc) is 2.55. The molecule has 0 saturated carbocycles. The molecule has 0 aromatic rings. The van der Waals surface area contributed by atoms with Crippen LogP contribution in [0.4, 0.5) is 0 Å². The van der Waals surface area contributed by atoms with Gasteiger partial charge in [0.1, 0.15) is 0 Å². The van der Waals surface area contributed by atoms with Crippen LogP contribution >= 0.6 is 0 Å². The molecular weight excluding hydrogens is 268 g/mol. The van der Waals surface area contributed by atoms with Crippen LogP contribution in [0.1, 0.15) is 105 Å². The lowest BCUT2D eigenvalue weighted by Crippen LogP contribution is -2.28. The van der Waals surface area contributed by atoms with Crippen molar-refractivity contribution in [2.24, 2.45) is 23.3 Å². The van der Waals surface area contributed by atoms with Gasteiger partial charge in [-0.3, -0.25) is 0 Å². The molecule has 0 fully saturated rings. The standard InChI is InChI=1S/C20H44N2/c1-5-17(19(21)7-3)15-13-11-9-10-12-14-16-18(6-2)20(22)8-4/h17-20H,5-16,21-22H2,1-4H3. The number of nitrogens with two attached hydrogens (primary N) is 2. The lowest BCUT2D eigenvalue weighted by molar-refractivity contribution is 0.351. The molecule has 0 heterocycles. The maximum Gasteiger partial charge on any atom is 0.00644 e. The molecule has 134 valence electrons. The first kappa shape index (κ1) is 21.9. The van der Waals surface area contributed by atoms with Gasteiger partial charge in [-0.15, -0.1) is 0 Å². The van der Waals surface area contributed by atoms with Gasteiger partial charge in [0.05, 0.1) is 0 Å². The molecule has 22 heavy (non-hydrogen) atoms. The summed E-state index contributed by atoms with van der Waals surface area (Å²) in [6.07, 6.45) is 15.7. The zero-order valence-electron chi connectivity index (χ0n) is 15.9. The molecule has 0 aromatic heterocycles. The van der Waals surface area contributed by atoms with Crippen molar-refractivity contribution in [1.82, 2.24) is 0 Å². The monoisotopic (exact) mass is 312 g/mol. The number of rotatable bonds is 15. The second-order valence-corrected chi connectivity index (χ2v) is 7.18. The van der Waals surface area contributed by atoms with Crippen molar-refractivity contribution in [3.05, 3.63) is 0 Å². The Morgan fingerprint density at radius 3 is 1.09 bits per heavy atom. The highest BCUT2D eigenvalue weighted by molar-refractivity contribution is 4.71. The van der Waals surface area contributed by atoms with E-state index in [1.807, 2.05) is 0 Å². The molecule has 0 rings (SSSR count). The van der Waals surface area contributed by atoms with Gasteiger partial charge >= 0.3 is 0 Å². The van der Waals surface area contributed by atoms with E-state index in [1.54, 1.807) is 0 Å². The first-order valence-corrected chi connectivity index (χ1v) is 10.1. The van der Waals surface area contributed by atoms with Gasteiger partial charge < -0.3 is 11.5 Å². The third-order valence-corrected chi connectivity index (χ3v) is 5.60. The van der Waals surface area contributed by atoms with Crippen LogP contribution in [0, 0.1) is 11.8 Å². The third kappa shape index (κ3) is 9.84. The maximum atomic E-state index is 6.18. The molecule has 0 aliphatic heterocycles. The smallest absolute Gasteiger partial charge is 0.00644 e. The van der Waals surface area contributed by atoms with E-state index in [4.69, 9.17) is 11.5 Å². The zero-order chi connectivity index (χ0) is 16.8. The van der Waals surface area contributed by atoms with E-state index < -0.39 is 0 Å². The summed E-state index contributed by atoms with van der Waals surface area (Å²) in [5.74, 6) is 1.48. The summed E-state index contributed by atoms with van der Waals surface area (Å²) >= 11 is 0. The van der Waals surface area contributed by atoms with Gasteiger partial charge in [-0.1, -0.05) is 79.1 Å². The summed E-state index contributed by atoms with van der Waals surface area (Å²) in [4.78, 5) is 0. The molecule has 0 aromatic carbocycles. The van der Waals surface area contributed by atoms with Crippen molar-refractivity contribution in [1.29, 1.82) is 0 Å². The summed E-state index contributed by atoms with van der Waals surface area (Å²) in [6, 6.07) is 0.831. The molecule has 0 radical (unpaired) electrons. The molecular formula is C20H44N2. The van der Waals surface area contributed by atoms with Crippen LogP contribution in [-0.2, 0) is 0 Å². The van der Waals surface area contributed by atoms with E-state index in [2.05, 4.69) is 27.7 Å². The van der Waals surface area contributed by atoms with Gasteiger partial charge in [0.2, 0.25) is 0 Å². The molecule has 2 nitrogen and oxygen atoms in total. The molecule has 0 saturated heterocycles. The van der Waals surface area contributed by atoms with Gasteiger partial charge in [-0.05, 0) is 37.5 Å². The minimum atomic E-state index is 0.416. The van der Waals surface area contributed by atoms with Crippen LogP contribution in [0.2, 0.25) is 0 Å².